The van der Waals surface area contributed by atoms with E-state index < -0.39 is 22.1 Å². The molecule has 0 amide bonds. The number of thiophene rings is 1. The van der Waals surface area contributed by atoms with Gasteiger partial charge >= 0.3 is 5.97 Å². The van der Waals surface area contributed by atoms with Crippen LogP contribution in [0.3, 0.4) is 0 Å². The highest BCUT2D eigenvalue weighted by atomic mass is 32.2. The van der Waals surface area contributed by atoms with Gasteiger partial charge in [0, 0.05) is 16.7 Å². The van der Waals surface area contributed by atoms with Gasteiger partial charge in [-0.3, -0.25) is 0 Å². The molecule has 3 N–H and O–H groups in total. The second kappa shape index (κ2) is 7.24. The summed E-state index contributed by atoms with van der Waals surface area (Å²) in [6.07, 6.45) is -0.515. The summed E-state index contributed by atoms with van der Waals surface area (Å²) < 4.78 is 23.3. The van der Waals surface area contributed by atoms with Crippen molar-refractivity contribution in [1.29, 1.82) is 0 Å². The van der Waals surface area contributed by atoms with Crippen LogP contribution in [0.2, 0.25) is 0 Å². The maximum absolute atomic E-state index is 11.6. The summed E-state index contributed by atoms with van der Waals surface area (Å²) in [7, 11) is -3.32. The molecule has 2 aromatic carbocycles. The molecular formula is C19H16O6S2. The lowest BCUT2D eigenvalue weighted by atomic mass is 10.0. The monoisotopic (exact) mass is 404 g/mol. The molecule has 3 aromatic rings. The third kappa shape index (κ3) is 4.09. The van der Waals surface area contributed by atoms with Gasteiger partial charge in [-0.1, -0.05) is 24.3 Å². The lowest BCUT2D eigenvalue weighted by Gasteiger charge is -2.06. The van der Waals surface area contributed by atoms with Gasteiger partial charge in [-0.05, 0) is 41.5 Å². The molecule has 6 nitrogen and oxygen atoms in total. The van der Waals surface area contributed by atoms with Gasteiger partial charge < -0.3 is 15.3 Å². The molecule has 0 radical (unpaired) electrons. The van der Waals surface area contributed by atoms with Gasteiger partial charge in [-0.2, -0.15) is 0 Å². The Bertz CT molecular complexity index is 1080. The Balaban J connectivity index is 2.11. The smallest absolute Gasteiger partial charge is 0.335 e. The molecular weight excluding hydrogens is 388 g/mol. The van der Waals surface area contributed by atoms with Crippen LogP contribution in [0.5, 0.6) is 0 Å². The summed E-state index contributed by atoms with van der Waals surface area (Å²) in [6.45, 7) is 0. The first kappa shape index (κ1) is 19.2. The predicted molar refractivity (Wildman–Crippen MR) is 102 cm³/mol. The van der Waals surface area contributed by atoms with Gasteiger partial charge in [0.2, 0.25) is 0 Å². The highest BCUT2D eigenvalue weighted by molar-refractivity contribution is 7.90. The van der Waals surface area contributed by atoms with Gasteiger partial charge in [0.05, 0.1) is 15.3 Å². The lowest BCUT2D eigenvalue weighted by Crippen LogP contribution is -1.96. The number of aliphatic hydroxyl groups excluding tert-OH is 1. The summed E-state index contributed by atoms with van der Waals surface area (Å²) >= 11 is 1.17. The summed E-state index contributed by atoms with van der Waals surface area (Å²) in [6, 6.07) is 14.2. The minimum atomic E-state index is -3.32. The van der Waals surface area contributed by atoms with Crippen molar-refractivity contribution in [1.82, 2.24) is 0 Å². The van der Waals surface area contributed by atoms with Crippen molar-refractivity contribution in [3.05, 3.63) is 65.0 Å². The molecule has 27 heavy (non-hydrogen) atoms. The number of benzene rings is 2. The number of sulfone groups is 1. The van der Waals surface area contributed by atoms with Crippen molar-refractivity contribution in [3.63, 3.8) is 0 Å². The van der Waals surface area contributed by atoms with Gasteiger partial charge in [0.1, 0.15) is 0 Å². The fourth-order valence-electron chi connectivity index (χ4n) is 2.61. The fraction of sp³-hybridized carbons (Fsp3) is 0.105. The van der Waals surface area contributed by atoms with Crippen LogP contribution in [-0.4, -0.2) is 36.0 Å². The Kier molecular flexibility index (Phi) is 5.16. The van der Waals surface area contributed by atoms with Crippen LogP contribution in [0.4, 0.5) is 0 Å². The number of hydrogen-bond acceptors (Lipinski definition) is 6. The molecule has 3 rings (SSSR count). The molecule has 140 valence electrons. The molecule has 0 fully saturated rings. The van der Waals surface area contributed by atoms with Crippen molar-refractivity contribution >= 4 is 27.1 Å². The summed E-state index contributed by atoms with van der Waals surface area (Å²) in [4.78, 5) is 12.3. The average Bonchev–Trinajstić information content (AvgIpc) is 3.07. The Morgan fingerprint density at radius 3 is 2.00 bits per heavy atom. The maximum Gasteiger partial charge on any atom is 0.335 e. The Morgan fingerprint density at radius 1 is 0.963 bits per heavy atom. The Morgan fingerprint density at radius 2 is 1.52 bits per heavy atom. The van der Waals surface area contributed by atoms with Gasteiger partial charge in [0.15, 0.2) is 16.1 Å². The van der Waals surface area contributed by atoms with E-state index in [1.807, 2.05) is 0 Å². The number of aromatic carboxylic acids is 1. The molecule has 0 saturated heterocycles. The minimum absolute atomic E-state index is 0.150. The summed E-state index contributed by atoms with van der Waals surface area (Å²) in [5.74, 6) is -1.03. The summed E-state index contributed by atoms with van der Waals surface area (Å²) in [5.41, 5.74) is 2.28. The molecule has 8 heteroatoms. The van der Waals surface area contributed by atoms with E-state index in [2.05, 4.69) is 0 Å². The van der Waals surface area contributed by atoms with Crippen molar-refractivity contribution in [2.75, 3.05) is 6.26 Å². The van der Waals surface area contributed by atoms with E-state index in [9.17, 15) is 23.4 Å². The van der Waals surface area contributed by atoms with Crippen molar-refractivity contribution in [2.45, 2.75) is 11.2 Å². The van der Waals surface area contributed by atoms with Crippen LogP contribution in [-0.2, 0) is 9.84 Å². The number of hydrogen-bond donors (Lipinski definition) is 3. The van der Waals surface area contributed by atoms with E-state index in [0.717, 1.165) is 16.7 Å². The van der Waals surface area contributed by atoms with Crippen LogP contribution < -0.4 is 0 Å². The zero-order chi connectivity index (χ0) is 19.8. The molecule has 0 atom stereocenters. The zero-order valence-corrected chi connectivity index (χ0v) is 15.8. The molecule has 0 spiro atoms. The SMILES string of the molecule is CS(=O)(=O)c1ccc(-c2cc(C(O)O)sc2-c2ccc(C(=O)O)cc2)cc1. The van der Waals surface area contributed by atoms with Gasteiger partial charge in [0.25, 0.3) is 0 Å². The average molecular weight is 404 g/mol. The van der Waals surface area contributed by atoms with Crippen LogP contribution in [0, 0.1) is 0 Å². The molecule has 0 saturated carbocycles. The molecule has 1 heterocycles. The van der Waals surface area contributed by atoms with Crippen LogP contribution in [0.15, 0.2) is 59.5 Å². The zero-order valence-electron chi connectivity index (χ0n) is 14.2. The third-order valence-electron chi connectivity index (χ3n) is 3.99. The first-order valence-corrected chi connectivity index (χ1v) is 10.5. The molecule has 0 aliphatic heterocycles. The number of carboxylic acid groups (broad SMARTS) is 1. The van der Waals surface area contributed by atoms with Crippen molar-refractivity contribution in [2.24, 2.45) is 0 Å². The number of carboxylic acids is 1. The van der Waals surface area contributed by atoms with Crippen LogP contribution in [0.25, 0.3) is 21.6 Å². The molecule has 0 unspecified atom stereocenters. The molecule has 1 aromatic heterocycles. The van der Waals surface area contributed by atoms with E-state index in [0.29, 0.717) is 16.0 Å². The third-order valence-corrected chi connectivity index (χ3v) is 6.35. The molecule has 0 bridgehead atoms. The second-order valence-corrected chi connectivity index (χ2v) is 9.04. The topological polar surface area (TPSA) is 112 Å². The molecule has 0 aliphatic rings. The van der Waals surface area contributed by atoms with E-state index in [1.54, 1.807) is 30.3 Å². The van der Waals surface area contributed by atoms with Gasteiger partial charge in [-0.15, -0.1) is 11.3 Å². The first-order valence-electron chi connectivity index (χ1n) is 7.81. The highest BCUT2D eigenvalue weighted by Gasteiger charge is 2.17. The lowest BCUT2D eigenvalue weighted by molar-refractivity contribution is -0.0395. The normalized spacial score (nSPS) is 11.7. The van der Waals surface area contributed by atoms with E-state index in [1.165, 1.54) is 35.6 Å². The minimum Gasteiger partial charge on any atom is -0.478 e. The number of aliphatic hydroxyl groups is 2. The van der Waals surface area contributed by atoms with Crippen molar-refractivity contribution < 1.29 is 28.5 Å². The highest BCUT2D eigenvalue weighted by Crippen LogP contribution is 2.41. The summed E-state index contributed by atoms with van der Waals surface area (Å²) in [5, 5.41) is 28.1. The first-order chi connectivity index (χ1) is 12.7. The molecule has 0 aliphatic carbocycles. The second-order valence-electron chi connectivity index (χ2n) is 5.94. The fourth-order valence-corrected chi connectivity index (χ4v) is 4.30. The number of rotatable bonds is 5. The van der Waals surface area contributed by atoms with Gasteiger partial charge in [-0.25, -0.2) is 13.2 Å². The number of carbonyl (C=O) groups is 1. The standard InChI is InChI=1S/C19H16O6S2/c1-27(24,25)14-8-6-11(7-9-14)15-10-16(19(22)23)26-17(15)12-2-4-13(5-3-12)18(20)21/h2-10,19,22-23H,1H3,(H,20,21). The Hall–Kier alpha value is -2.52. The van der Waals surface area contributed by atoms with Crippen molar-refractivity contribution in [3.8, 4) is 21.6 Å². The predicted octanol–water partition coefficient (Wildman–Crippen LogP) is 3.17. The quantitative estimate of drug-likeness (QED) is 0.563. The Labute approximate surface area is 159 Å². The van der Waals surface area contributed by atoms with E-state index in [4.69, 9.17) is 5.11 Å². The van der Waals surface area contributed by atoms with E-state index in [-0.39, 0.29) is 10.5 Å². The van der Waals surface area contributed by atoms with E-state index >= 15 is 0 Å². The maximum atomic E-state index is 11.6. The van der Waals surface area contributed by atoms with Crippen LogP contribution >= 0.6 is 11.3 Å². The largest absolute Gasteiger partial charge is 0.478 e. The van der Waals surface area contributed by atoms with Crippen LogP contribution in [0.1, 0.15) is 21.5 Å².